The van der Waals surface area contributed by atoms with Crippen molar-refractivity contribution in [3.05, 3.63) is 29.8 Å². The maximum Gasteiger partial charge on any atom is 0.303 e. The van der Waals surface area contributed by atoms with Crippen LogP contribution in [0.4, 0.5) is 0 Å². The van der Waals surface area contributed by atoms with Gasteiger partial charge in [-0.15, -0.1) is 11.8 Å². The summed E-state index contributed by atoms with van der Waals surface area (Å²) in [5.41, 5.74) is 1.21. The fourth-order valence-corrected chi connectivity index (χ4v) is 2.37. The van der Waals surface area contributed by atoms with Gasteiger partial charge < -0.3 is 10.4 Å². The Morgan fingerprint density at radius 3 is 2.50 bits per heavy atom. The van der Waals surface area contributed by atoms with Crippen LogP contribution in [0.3, 0.4) is 0 Å². The molecule has 0 fully saturated rings. The van der Waals surface area contributed by atoms with E-state index in [0.717, 1.165) is 17.7 Å². The molecular formula is C15H21NO3S. The van der Waals surface area contributed by atoms with Gasteiger partial charge in [0.25, 0.3) is 0 Å². The fourth-order valence-electron chi connectivity index (χ4n) is 1.64. The van der Waals surface area contributed by atoms with Gasteiger partial charge in [-0.2, -0.15) is 0 Å². The number of carboxylic acids is 1. The molecular weight excluding hydrogens is 274 g/mol. The summed E-state index contributed by atoms with van der Waals surface area (Å²) < 4.78 is 0. The lowest BCUT2D eigenvalue weighted by atomic mass is 10.2. The predicted molar refractivity (Wildman–Crippen MR) is 81.0 cm³/mol. The van der Waals surface area contributed by atoms with E-state index in [0.29, 0.717) is 18.7 Å². The summed E-state index contributed by atoms with van der Waals surface area (Å²) in [7, 11) is 0. The van der Waals surface area contributed by atoms with Gasteiger partial charge in [0.2, 0.25) is 5.91 Å². The van der Waals surface area contributed by atoms with Crippen molar-refractivity contribution in [2.45, 2.75) is 37.5 Å². The number of benzene rings is 1. The molecule has 2 N–H and O–H groups in total. The first-order chi connectivity index (χ1) is 9.58. The van der Waals surface area contributed by atoms with E-state index in [1.54, 1.807) is 0 Å². The van der Waals surface area contributed by atoms with E-state index < -0.39 is 5.97 Å². The van der Waals surface area contributed by atoms with Crippen LogP contribution in [-0.4, -0.2) is 29.3 Å². The molecule has 0 atom stereocenters. The van der Waals surface area contributed by atoms with E-state index in [-0.39, 0.29) is 12.3 Å². The number of aliphatic carboxylic acids is 1. The van der Waals surface area contributed by atoms with Crippen LogP contribution in [0.1, 0.15) is 31.2 Å². The highest BCUT2D eigenvalue weighted by Gasteiger charge is 2.02. The molecule has 4 nitrogen and oxygen atoms in total. The van der Waals surface area contributed by atoms with Crippen LogP contribution in [-0.2, 0) is 9.59 Å². The Kier molecular flexibility index (Phi) is 7.80. The lowest BCUT2D eigenvalue weighted by molar-refractivity contribution is -0.137. The van der Waals surface area contributed by atoms with E-state index in [2.05, 4.69) is 5.32 Å². The third-order valence-corrected chi connectivity index (χ3v) is 3.79. The number of hydrogen-bond donors (Lipinski definition) is 2. The molecule has 0 saturated carbocycles. The van der Waals surface area contributed by atoms with Gasteiger partial charge in [0, 0.05) is 17.9 Å². The summed E-state index contributed by atoms with van der Waals surface area (Å²) in [4.78, 5) is 23.0. The third-order valence-electron chi connectivity index (χ3n) is 2.78. The molecule has 0 bridgehead atoms. The zero-order chi connectivity index (χ0) is 14.8. The Morgan fingerprint density at radius 2 is 1.85 bits per heavy atom. The normalized spacial score (nSPS) is 10.2. The van der Waals surface area contributed by atoms with E-state index in [4.69, 9.17) is 5.11 Å². The first-order valence-electron chi connectivity index (χ1n) is 6.76. The number of carboxylic acid groups (broad SMARTS) is 1. The summed E-state index contributed by atoms with van der Waals surface area (Å²) in [6.45, 7) is 2.65. The van der Waals surface area contributed by atoms with Crippen LogP contribution in [0.15, 0.2) is 29.2 Å². The highest BCUT2D eigenvalue weighted by Crippen LogP contribution is 2.17. The molecule has 0 saturated heterocycles. The minimum atomic E-state index is -0.761. The SMILES string of the molecule is Cc1ccc(SCC(=O)NCCCCCC(=O)O)cc1. The largest absolute Gasteiger partial charge is 0.481 e. The van der Waals surface area contributed by atoms with Crippen molar-refractivity contribution in [1.29, 1.82) is 0 Å². The maximum absolute atomic E-state index is 11.6. The quantitative estimate of drug-likeness (QED) is 0.543. The topological polar surface area (TPSA) is 66.4 Å². The van der Waals surface area contributed by atoms with Crippen LogP contribution >= 0.6 is 11.8 Å². The van der Waals surface area contributed by atoms with Gasteiger partial charge in [0.15, 0.2) is 0 Å². The van der Waals surface area contributed by atoms with Crippen molar-refractivity contribution >= 4 is 23.6 Å². The second-order valence-electron chi connectivity index (χ2n) is 4.66. The summed E-state index contributed by atoms with van der Waals surface area (Å²) in [5.74, 6) is -0.324. The zero-order valence-electron chi connectivity index (χ0n) is 11.7. The summed E-state index contributed by atoms with van der Waals surface area (Å²) in [6.07, 6.45) is 2.53. The molecule has 5 heteroatoms. The van der Waals surface area contributed by atoms with E-state index in [1.165, 1.54) is 17.3 Å². The van der Waals surface area contributed by atoms with E-state index in [1.807, 2.05) is 31.2 Å². The van der Waals surface area contributed by atoms with Crippen molar-refractivity contribution in [1.82, 2.24) is 5.32 Å². The maximum atomic E-state index is 11.6. The first-order valence-corrected chi connectivity index (χ1v) is 7.74. The number of aryl methyl sites for hydroxylation is 1. The van der Waals surface area contributed by atoms with Gasteiger partial charge >= 0.3 is 5.97 Å². The third kappa shape index (κ3) is 7.84. The monoisotopic (exact) mass is 295 g/mol. The average molecular weight is 295 g/mol. The second-order valence-corrected chi connectivity index (χ2v) is 5.70. The molecule has 1 rings (SSSR count). The minimum absolute atomic E-state index is 0.0220. The number of carbonyl (C=O) groups excluding carboxylic acids is 1. The molecule has 0 unspecified atom stereocenters. The molecule has 0 aliphatic rings. The summed E-state index contributed by atoms with van der Waals surface area (Å²) >= 11 is 1.52. The molecule has 0 radical (unpaired) electrons. The van der Waals surface area contributed by atoms with Crippen LogP contribution in [0.25, 0.3) is 0 Å². The molecule has 0 aliphatic carbocycles. The lowest BCUT2D eigenvalue weighted by Crippen LogP contribution is -2.26. The molecule has 1 amide bonds. The Bertz CT molecular complexity index is 431. The number of nitrogens with one attached hydrogen (secondary N) is 1. The van der Waals surface area contributed by atoms with Gasteiger partial charge in [0.1, 0.15) is 0 Å². The Labute approximate surface area is 124 Å². The number of rotatable bonds is 9. The number of unbranched alkanes of at least 4 members (excludes halogenated alkanes) is 2. The fraction of sp³-hybridized carbons (Fsp3) is 0.467. The molecule has 0 heterocycles. The predicted octanol–water partition coefficient (Wildman–Crippen LogP) is 2.85. The van der Waals surface area contributed by atoms with Crippen LogP contribution in [0.5, 0.6) is 0 Å². The standard InChI is InChI=1S/C15H21NO3S/c1-12-6-8-13(9-7-12)20-11-14(17)16-10-4-2-3-5-15(18)19/h6-9H,2-5,10-11H2,1H3,(H,16,17)(H,18,19). The molecule has 0 spiro atoms. The van der Waals surface area contributed by atoms with Crippen molar-refractivity contribution in [2.24, 2.45) is 0 Å². The van der Waals surface area contributed by atoms with E-state index in [9.17, 15) is 9.59 Å². The number of thioether (sulfide) groups is 1. The number of carbonyl (C=O) groups is 2. The average Bonchev–Trinajstić information content (AvgIpc) is 2.41. The highest BCUT2D eigenvalue weighted by atomic mass is 32.2. The van der Waals surface area contributed by atoms with Gasteiger partial charge in [-0.05, 0) is 31.9 Å². The Morgan fingerprint density at radius 1 is 1.15 bits per heavy atom. The van der Waals surface area contributed by atoms with Crippen molar-refractivity contribution < 1.29 is 14.7 Å². The van der Waals surface area contributed by atoms with Gasteiger partial charge in [-0.25, -0.2) is 0 Å². The molecule has 1 aromatic carbocycles. The van der Waals surface area contributed by atoms with Crippen LogP contribution in [0, 0.1) is 6.92 Å². The van der Waals surface area contributed by atoms with Gasteiger partial charge in [-0.1, -0.05) is 24.1 Å². The van der Waals surface area contributed by atoms with Crippen LogP contribution < -0.4 is 5.32 Å². The highest BCUT2D eigenvalue weighted by molar-refractivity contribution is 8.00. The first kappa shape index (κ1) is 16.6. The second kappa shape index (κ2) is 9.42. The Hall–Kier alpha value is -1.49. The number of hydrogen-bond acceptors (Lipinski definition) is 3. The molecule has 110 valence electrons. The van der Waals surface area contributed by atoms with Crippen molar-refractivity contribution in [3.8, 4) is 0 Å². The minimum Gasteiger partial charge on any atom is -0.481 e. The van der Waals surface area contributed by atoms with Gasteiger partial charge in [0.05, 0.1) is 5.75 Å². The molecule has 0 aromatic heterocycles. The van der Waals surface area contributed by atoms with E-state index >= 15 is 0 Å². The zero-order valence-corrected chi connectivity index (χ0v) is 12.5. The smallest absolute Gasteiger partial charge is 0.303 e. The molecule has 0 aliphatic heterocycles. The lowest BCUT2D eigenvalue weighted by Gasteiger charge is -2.05. The van der Waals surface area contributed by atoms with Crippen molar-refractivity contribution in [3.63, 3.8) is 0 Å². The summed E-state index contributed by atoms with van der Waals surface area (Å²) in [6, 6.07) is 8.09. The van der Waals surface area contributed by atoms with Crippen molar-refractivity contribution in [2.75, 3.05) is 12.3 Å². The van der Waals surface area contributed by atoms with Crippen LogP contribution in [0.2, 0.25) is 0 Å². The summed E-state index contributed by atoms with van der Waals surface area (Å²) in [5, 5.41) is 11.3. The number of amides is 1. The molecule has 20 heavy (non-hydrogen) atoms. The Balaban J connectivity index is 2.06. The van der Waals surface area contributed by atoms with Gasteiger partial charge in [-0.3, -0.25) is 9.59 Å². The molecule has 1 aromatic rings.